The van der Waals surface area contributed by atoms with Crippen molar-refractivity contribution in [2.75, 3.05) is 6.61 Å². The van der Waals surface area contributed by atoms with E-state index >= 15 is 0 Å². The predicted octanol–water partition coefficient (Wildman–Crippen LogP) is 2.37. The molecule has 0 bridgehead atoms. The number of benzene rings is 1. The zero-order chi connectivity index (χ0) is 10.2. The average molecular weight is 255 g/mol. The summed E-state index contributed by atoms with van der Waals surface area (Å²) in [6.07, 6.45) is 3.95. The maximum absolute atomic E-state index is 5.17. The molecule has 76 valence electrons. The van der Waals surface area contributed by atoms with Crippen LogP contribution in [0.3, 0.4) is 0 Å². The van der Waals surface area contributed by atoms with Crippen molar-refractivity contribution >= 4 is 19.4 Å². The summed E-state index contributed by atoms with van der Waals surface area (Å²) in [5, 5.41) is 0. The molecule has 0 amide bonds. The summed E-state index contributed by atoms with van der Waals surface area (Å²) >= 11 is 0.509. The summed E-state index contributed by atoms with van der Waals surface area (Å²) in [6, 6.07) is 10.6. The Balaban J connectivity index is 2.37. The van der Waals surface area contributed by atoms with E-state index in [1.807, 2.05) is 13.2 Å². The molecule has 2 heteroatoms. The third kappa shape index (κ3) is 4.50. The first-order chi connectivity index (χ1) is 6.83. The van der Waals surface area contributed by atoms with Crippen molar-refractivity contribution < 1.29 is 4.74 Å². The SMILES string of the molecule is CCO/C=C/C(C)[Se]c1ccccc1. The van der Waals surface area contributed by atoms with Gasteiger partial charge in [-0.2, -0.15) is 0 Å². The zero-order valence-electron chi connectivity index (χ0n) is 8.64. The van der Waals surface area contributed by atoms with Crippen LogP contribution in [0.1, 0.15) is 13.8 Å². The molecule has 0 saturated heterocycles. The standard InChI is InChI=1S/C12H16OSe/c1-3-13-10-9-11(2)14-12-7-5-4-6-8-12/h4-11H,3H2,1-2H3/b10-9+. The molecule has 0 aromatic heterocycles. The van der Waals surface area contributed by atoms with Crippen LogP contribution in [0.15, 0.2) is 42.7 Å². The van der Waals surface area contributed by atoms with Gasteiger partial charge >= 0.3 is 92.1 Å². The van der Waals surface area contributed by atoms with Crippen molar-refractivity contribution in [3.8, 4) is 0 Å². The van der Waals surface area contributed by atoms with Gasteiger partial charge in [-0.3, -0.25) is 0 Å². The molecule has 14 heavy (non-hydrogen) atoms. The van der Waals surface area contributed by atoms with Crippen LogP contribution in [0.25, 0.3) is 0 Å². The third-order valence-corrected chi connectivity index (χ3v) is 3.93. The van der Waals surface area contributed by atoms with Crippen LogP contribution in [0.2, 0.25) is 4.82 Å². The Morgan fingerprint density at radius 2 is 2.07 bits per heavy atom. The van der Waals surface area contributed by atoms with Gasteiger partial charge in [0.15, 0.2) is 0 Å². The van der Waals surface area contributed by atoms with Crippen LogP contribution >= 0.6 is 0 Å². The minimum absolute atomic E-state index is 0.509. The normalized spacial score (nSPS) is 13.0. The van der Waals surface area contributed by atoms with Gasteiger partial charge in [-0.05, 0) is 0 Å². The summed E-state index contributed by atoms with van der Waals surface area (Å²) in [5.74, 6) is 0. The second-order valence-electron chi connectivity index (χ2n) is 2.92. The van der Waals surface area contributed by atoms with Gasteiger partial charge < -0.3 is 0 Å². The summed E-state index contributed by atoms with van der Waals surface area (Å²) in [6.45, 7) is 4.97. The molecular formula is C12H16OSe. The first kappa shape index (κ1) is 11.4. The van der Waals surface area contributed by atoms with E-state index in [0.717, 1.165) is 6.61 Å². The van der Waals surface area contributed by atoms with E-state index in [1.54, 1.807) is 0 Å². The van der Waals surface area contributed by atoms with Gasteiger partial charge in [0.1, 0.15) is 0 Å². The molecule has 0 aliphatic carbocycles. The molecule has 1 unspecified atom stereocenters. The van der Waals surface area contributed by atoms with Crippen molar-refractivity contribution in [2.24, 2.45) is 0 Å². The molecule has 0 radical (unpaired) electrons. The van der Waals surface area contributed by atoms with E-state index < -0.39 is 0 Å². The molecule has 1 nitrogen and oxygen atoms in total. The van der Waals surface area contributed by atoms with Gasteiger partial charge in [-0.1, -0.05) is 0 Å². The molecule has 1 rings (SSSR count). The van der Waals surface area contributed by atoms with E-state index in [9.17, 15) is 0 Å². The molecule has 0 aliphatic heterocycles. The van der Waals surface area contributed by atoms with E-state index in [0.29, 0.717) is 19.8 Å². The first-order valence-electron chi connectivity index (χ1n) is 4.83. The van der Waals surface area contributed by atoms with E-state index in [2.05, 4.69) is 43.3 Å². The van der Waals surface area contributed by atoms with Crippen molar-refractivity contribution in [1.29, 1.82) is 0 Å². The maximum atomic E-state index is 5.17. The van der Waals surface area contributed by atoms with Crippen molar-refractivity contribution in [2.45, 2.75) is 18.7 Å². The molecule has 1 atom stereocenters. The Hall–Kier alpha value is -0.721. The second-order valence-corrected chi connectivity index (χ2v) is 5.96. The Labute approximate surface area is 92.3 Å². The topological polar surface area (TPSA) is 9.23 Å². The van der Waals surface area contributed by atoms with Gasteiger partial charge in [0.2, 0.25) is 0 Å². The van der Waals surface area contributed by atoms with E-state index in [4.69, 9.17) is 4.74 Å². The fourth-order valence-corrected chi connectivity index (χ4v) is 2.87. The summed E-state index contributed by atoms with van der Waals surface area (Å²) in [5.41, 5.74) is 0. The number of ether oxygens (including phenoxy) is 1. The van der Waals surface area contributed by atoms with Gasteiger partial charge in [-0.15, -0.1) is 0 Å². The van der Waals surface area contributed by atoms with E-state index in [1.165, 1.54) is 4.46 Å². The summed E-state index contributed by atoms with van der Waals surface area (Å²) in [4.78, 5) is 0.594. The molecule has 0 heterocycles. The van der Waals surface area contributed by atoms with Crippen molar-refractivity contribution in [3.63, 3.8) is 0 Å². The van der Waals surface area contributed by atoms with Crippen molar-refractivity contribution in [3.05, 3.63) is 42.7 Å². The Morgan fingerprint density at radius 1 is 1.36 bits per heavy atom. The summed E-state index contributed by atoms with van der Waals surface area (Å²) < 4.78 is 6.61. The Bertz CT molecular complexity index is 269. The van der Waals surface area contributed by atoms with Crippen LogP contribution in [-0.2, 0) is 4.74 Å². The van der Waals surface area contributed by atoms with Gasteiger partial charge in [0.25, 0.3) is 0 Å². The second kappa shape index (κ2) is 6.69. The van der Waals surface area contributed by atoms with Crippen LogP contribution in [0, 0.1) is 0 Å². The molecule has 1 aromatic rings. The first-order valence-corrected chi connectivity index (χ1v) is 6.67. The minimum atomic E-state index is 0.509. The number of hydrogen-bond acceptors (Lipinski definition) is 1. The number of rotatable bonds is 5. The predicted molar refractivity (Wildman–Crippen MR) is 62.0 cm³/mol. The molecule has 0 aliphatic rings. The Morgan fingerprint density at radius 3 is 2.71 bits per heavy atom. The van der Waals surface area contributed by atoms with Crippen LogP contribution in [-0.4, -0.2) is 21.6 Å². The molecule has 0 saturated carbocycles. The average Bonchev–Trinajstić information content (AvgIpc) is 2.20. The molecule has 1 aromatic carbocycles. The molecular weight excluding hydrogens is 239 g/mol. The van der Waals surface area contributed by atoms with Gasteiger partial charge in [0.05, 0.1) is 0 Å². The fourth-order valence-electron chi connectivity index (χ4n) is 1.02. The van der Waals surface area contributed by atoms with Crippen molar-refractivity contribution in [1.82, 2.24) is 0 Å². The van der Waals surface area contributed by atoms with Crippen LogP contribution in [0.4, 0.5) is 0 Å². The van der Waals surface area contributed by atoms with Crippen LogP contribution in [0.5, 0.6) is 0 Å². The monoisotopic (exact) mass is 256 g/mol. The van der Waals surface area contributed by atoms with Gasteiger partial charge in [-0.25, -0.2) is 0 Å². The quantitative estimate of drug-likeness (QED) is 0.580. The third-order valence-electron chi connectivity index (χ3n) is 1.68. The van der Waals surface area contributed by atoms with Gasteiger partial charge in [0, 0.05) is 0 Å². The number of allylic oxidation sites excluding steroid dienone is 1. The molecule has 0 spiro atoms. The van der Waals surface area contributed by atoms with E-state index in [-0.39, 0.29) is 0 Å². The zero-order valence-corrected chi connectivity index (χ0v) is 10.4. The number of hydrogen-bond donors (Lipinski definition) is 0. The Kier molecular flexibility index (Phi) is 5.43. The molecule has 0 fully saturated rings. The van der Waals surface area contributed by atoms with Crippen LogP contribution < -0.4 is 4.46 Å². The fraction of sp³-hybridized carbons (Fsp3) is 0.333. The summed E-state index contributed by atoms with van der Waals surface area (Å²) in [7, 11) is 0. The molecule has 0 N–H and O–H groups in total.